The number of amides is 1. The van der Waals surface area contributed by atoms with Crippen molar-refractivity contribution in [2.24, 2.45) is 0 Å². The molecule has 1 heterocycles. The molecule has 4 heteroatoms. The van der Waals surface area contributed by atoms with Crippen LogP contribution in [0, 0.1) is 0 Å². The van der Waals surface area contributed by atoms with E-state index in [1.807, 2.05) is 30.4 Å². The van der Waals surface area contributed by atoms with E-state index in [1.165, 1.54) is 6.08 Å². The minimum atomic E-state index is -0.499. The van der Waals surface area contributed by atoms with Crippen molar-refractivity contribution in [2.45, 2.75) is 25.8 Å². The maximum absolute atomic E-state index is 11.5. The van der Waals surface area contributed by atoms with Gasteiger partial charge in [0.25, 0.3) is 0 Å². The molecule has 4 nitrogen and oxygen atoms in total. The number of carbonyl (C=O) groups excluding carboxylic acids is 1. The lowest BCUT2D eigenvalue weighted by Crippen LogP contribution is -2.42. The number of rotatable bonds is 4. The van der Waals surface area contributed by atoms with Crippen molar-refractivity contribution in [3.05, 3.63) is 52.4 Å². The highest BCUT2D eigenvalue weighted by Crippen LogP contribution is 2.17. The van der Waals surface area contributed by atoms with Crippen LogP contribution >= 0.6 is 0 Å². The summed E-state index contributed by atoms with van der Waals surface area (Å²) in [5.41, 5.74) is 0.854. The molecule has 1 unspecified atom stereocenters. The standard InChI is InChI=1S/C18H19NO3/c1-2-3-11-22-15-6-4-5-14-13(15)9-7-12-8-10-16(20)19-17(12)18(14)21/h4-10,17,21H,2-3,11H2,1H3,(H,19,20). The van der Waals surface area contributed by atoms with Gasteiger partial charge in [0.15, 0.2) is 0 Å². The zero-order valence-electron chi connectivity index (χ0n) is 12.5. The van der Waals surface area contributed by atoms with Gasteiger partial charge in [0.05, 0.1) is 6.61 Å². The van der Waals surface area contributed by atoms with Gasteiger partial charge in [-0.2, -0.15) is 0 Å². The molecule has 3 rings (SSSR count). The smallest absolute Gasteiger partial charge is 0.244 e. The highest BCUT2D eigenvalue weighted by Gasteiger charge is 2.24. The molecule has 0 spiro atoms. The monoisotopic (exact) mass is 297 g/mol. The Morgan fingerprint density at radius 2 is 2.14 bits per heavy atom. The van der Waals surface area contributed by atoms with Crippen molar-refractivity contribution in [1.82, 2.24) is 5.32 Å². The van der Waals surface area contributed by atoms with Gasteiger partial charge in [0.2, 0.25) is 5.91 Å². The average molecular weight is 297 g/mol. The van der Waals surface area contributed by atoms with Crippen molar-refractivity contribution in [3.8, 4) is 5.75 Å². The van der Waals surface area contributed by atoms with Gasteiger partial charge in [-0.15, -0.1) is 0 Å². The van der Waals surface area contributed by atoms with E-state index in [-0.39, 0.29) is 11.7 Å². The number of ether oxygens (including phenoxy) is 1. The Morgan fingerprint density at radius 1 is 1.27 bits per heavy atom. The van der Waals surface area contributed by atoms with E-state index >= 15 is 0 Å². The number of unbranched alkanes of at least 4 members (excludes halogenated alkanes) is 1. The zero-order valence-corrected chi connectivity index (χ0v) is 12.5. The lowest BCUT2D eigenvalue weighted by Gasteiger charge is -2.21. The van der Waals surface area contributed by atoms with Crippen LogP contribution < -0.4 is 20.5 Å². The zero-order chi connectivity index (χ0) is 15.5. The molecule has 22 heavy (non-hydrogen) atoms. The first-order chi connectivity index (χ1) is 10.7. The van der Waals surface area contributed by atoms with Gasteiger partial charge < -0.3 is 15.2 Å². The van der Waals surface area contributed by atoms with Crippen molar-refractivity contribution in [1.29, 1.82) is 0 Å². The fraction of sp³-hybridized carbons (Fsp3) is 0.278. The summed E-state index contributed by atoms with van der Waals surface area (Å²) in [4.78, 5) is 11.5. The predicted octanol–water partition coefficient (Wildman–Crippen LogP) is 1.31. The third kappa shape index (κ3) is 2.64. The number of allylic oxidation sites excluding steroid dienone is 1. The van der Waals surface area contributed by atoms with Gasteiger partial charge in [0.1, 0.15) is 17.6 Å². The predicted molar refractivity (Wildman–Crippen MR) is 85.8 cm³/mol. The Morgan fingerprint density at radius 3 is 2.95 bits per heavy atom. The molecule has 0 bridgehead atoms. The summed E-state index contributed by atoms with van der Waals surface area (Å²) in [6.45, 7) is 2.77. The summed E-state index contributed by atoms with van der Waals surface area (Å²) in [5, 5.41) is 14.9. The number of nitrogens with one attached hydrogen (secondary N) is 1. The fourth-order valence-corrected chi connectivity index (χ4v) is 2.65. The van der Waals surface area contributed by atoms with Gasteiger partial charge in [-0.25, -0.2) is 0 Å². The molecule has 1 aliphatic heterocycles. The summed E-state index contributed by atoms with van der Waals surface area (Å²) < 4.78 is 5.83. The number of hydrogen-bond acceptors (Lipinski definition) is 3. The topological polar surface area (TPSA) is 58.6 Å². The Bertz CT molecular complexity index is 774. The van der Waals surface area contributed by atoms with E-state index in [0.717, 1.165) is 29.4 Å². The number of carbonyl (C=O) groups is 1. The first-order valence-corrected chi connectivity index (χ1v) is 7.56. The van der Waals surface area contributed by atoms with Crippen LogP contribution in [0.25, 0.3) is 11.8 Å². The van der Waals surface area contributed by atoms with Gasteiger partial charge in [-0.05, 0) is 18.1 Å². The molecule has 1 aromatic rings. The average Bonchev–Trinajstić information content (AvgIpc) is 2.66. The van der Waals surface area contributed by atoms with E-state index in [4.69, 9.17) is 4.74 Å². The Labute approximate surface area is 129 Å². The van der Waals surface area contributed by atoms with Crippen molar-refractivity contribution in [2.75, 3.05) is 6.61 Å². The van der Waals surface area contributed by atoms with Crippen LogP contribution in [0.15, 0.2) is 42.0 Å². The second-order valence-electron chi connectivity index (χ2n) is 5.41. The van der Waals surface area contributed by atoms with Crippen molar-refractivity contribution >= 4 is 17.7 Å². The summed E-state index contributed by atoms with van der Waals surface area (Å²) in [7, 11) is 0. The molecule has 2 aliphatic rings. The lowest BCUT2D eigenvalue weighted by molar-refractivity contribution is -0.117. The second kappa shape index (κ2) is 6.10. The van der Waals surface area contributed by atoms with Gasteiger partial charge in [0, 0.05) is 16.5 Å². The molecule has 0 fully saturated rings. The van der Waals surface area contributed by atoms with Crippen LogP contribution in [0.3, 0.4) is 0 Å². The van der Waals surface area contributed by atoms with E-state index in [2.05, 4.69) is 12.2 Å². The molecule has 2 N–H and O–H groups in total. The summed E-state index contributed by atoms with van der Waals surface area (Å²) in [5.74, 6) is 0.699. The molecule has 0 saturated carbocycles. The molecular weight excluding hydrogens is 278 g/mol. The van der Waals surface area contributed by atoms with Crippen LogP contribution in [0.1, 0.15) is 19.8 Å². The van der Waals surface area contributed by atoms with Crippen LogP contribution in [-0.2, 0) is 4.79 Å². The molecule has 0 saturated heterocycles. The number of hydrogen-bond donors (Lipinski definition) is 2. The third-order valence-corrected chi connectivity index (χ3v) is 3.86. The van der Waals surface area contributed by atoms with Crippen molar-refractivity contribution < 1.29 is 14.6 Å². The molecule has 1 amide bonds. The van der Waals surface area contributed by atoms with Crippen LogP contribution in [0.5, 0.6) is 5.75 Å². The molecular formula is C18H19NO3. The lowest BCUT2D eigenvalue weighted by atomic mass is 10.0. The van der Waals surface area contributed by atoms with Gasteiger partial charge >= 0.3 is 0 Å². The van der Waals surface area contributed by atoms with Crippen LogP contribution in [0.2, 0.25) is 0 Å². The summed E-state index contributed by atoms with van der Waals surface area (Å²) in [6, 6.07) is 5.10. The minimum Gasteiger partial charge on any atom is -0.509 e. The van der Waals surface area contributed by atoms with E-state index in [9.17, 15) is 9.90 Å². The first-order valence-electron chi connectivity index (χ1n) is 7.56. The number of fused-ring (bicyclic) bond motifs is 2. The molecule has 0 radical (unpaired) electrons. The number of aliphatic hydroxyl groups excluding tert-OH is 1. The SMILES string of the molecule is CCCCOc1cccc2c1=CC=C1C=CC(=O)NC1C=2O. The maximum atomic E-state index is 11.5. The third-order valence-electron chi connectivity index (χ3n) is 3.86. The van der Waals surface area contributed by atoms with Gasteiger partial charge in [-0.1, -0.05) is 43.7 Å². The van der Waals surface area contributed by atoms with E-state index in [0.29, 0.717) is 11.8 Å². The van der Waals surface area contributed by atoms with E-state index in [1.54, 1.807) is 6.08 Å². The molecule has 1 aromatic carbocycles. The second-order valence-corrected chi connectivity index (χ2v) is 5.41. The Kier molecular flexibility index (Phi) is 4.00. The molecule has 1 atom stereocenters. The maximum Gasteiger partial charge on any atom is 0.244 e. The molecule has 114 valence electrons. The number of benzene rings is 1. The first kappa shape index (κ1) is 14.4. The van der Waals surface area contributed by atoms with Crippen LogP contribution in [0.4, 0.5) is 0 Å². The van der Waals surface area contributed by atoms with Crippen LogP contribution in [-0.4, -0.2) is 23.7 Å². The highest BCUT2D eigenvalue weighted by atomic mass is 16.5. The highest BCUT2D eigenvalue weighted by molar-refractivity contribution is 5.92. The largest absolute Gasteiger partial charge is 0.509 e. The van der Waals surface area contributed by atoms with Crippen molar-refractivity contribution in [3.63, 3.8) is 0 Å². The fourth-order valence-electron chi connectivity index (χ4n) is 2.65. The molecule has 1 aliphatic carbocycles. The number of aliphatic hydroxyl groups is 1. The van der Waals surface area contributed by atoms with E-state index < -0.39 is 6.04 Å². The quantitative estimate of drug-likeness (QED) is 0.824. The normalized spacial score (nSPS) is 19.3. The van der Waals surface area contributed by atoms with Gasteiger partial charge in [-0.3, -0.25) is 4.79 Å². The molecule has 0 aromatic heterocycles. The Balaban J connectivity index is 2.10. The minimum absolute atomic E-state index is 0.147. The summed E-state index contributed by atoms with van der Waals surface area (Å²) in [6.07, 6.45) is 9.11. The Hall–Kier alpha value is -2.49. The summed E-state index contributed by atoms with van der Waals surface area (Å²) >= 11 is 0.